The van der Waals surface area contributed by atoms with Crippen LogP contribution in [-0.2, 0) is 56.5 Å². The fourth-order valence-corrected chi connectivity index (χ4v) is 17.4. The van der Waals surface area contributed by atoms with Crippen molar-refractivity contribution < 1.29 is 66.7 Å². The number of rotatable bonds is 66. The van der Waals surface area contributed by atoms with Gasteiger partial charge in [-0.3, -0.25) is 38.7 Å². The minimum Gasteiger partial charge on any atom is -0.465 e. The molecule has 2 N–H and O–H groups in total. The molecule has 4 atom stereocenters. The van der Waals surface area contributed by atoms with Crippen molar-refractivity contribution in [3.8, 4) is 0 Å². The lowest BCUT2D eigenvalue weighted by atomic mass is 10.1. The van der Waals surface area contributed by atoms with Crippen molar-refractivity contribution in [2.24, 2.45) is 23.7 Å². The number of hydrogen-bond donors (Lipinski definition) is 2. The Morgan fingerprint density at radius 2 is 0.683 bits per heavy atom. The first kappa shape index (κ1) is 100. The van der Waals surface area contributed by atoms with Gasteiger partial charge in [0.1, 0.15) is 6.61 Å². The first-order valence-electron chi connectivity index (χ1n) is 42.0. The summed E-state index contributed by atoms with van der Waals surface area (Å²) in [7, 11) is -0.556. The smallest absolute Gasteiger partial charge is 0.305 e. The van der Waals surface area contributed by atoms with Gasteiger partial charge in [-0.2, -0.15) is 0 Å². The number of aliphatic hydroxyl groups is 2. The first-order chi connectivity index (χ1) is 49.4. The normalized spacial score (nSPS) is 15.0. The first-order valence-corrected chi connectivity index (χ1v) is 50.3. The van der Waals surface area contributed by atoms with E-state index in [-0.39, 0.29) is 52.1 Å². The van der Waals surface area contributed by atoms with E-state index >= 15 is 0 Å². The van der Waals surface area contributed by atoms with Crippen molar-refractivity contribution in [1.29, 1.82) is 0 Å². The van der Waals surface area contributed by atoms with Gasteiger partial charge in [-0.25, -0.2) is 0 Å². The third-order valence-corrected chi connectivity index (χ3v) is 34.2. The molecule has 1 aliphatic rings. The Kier molecular flexibility index (Phi) is 56.8. The average molecular weight is 1550 g/mol. The number of hydrogen-bond acceptors (Lipinski definition) is 20. The monoisotopic (exact) mass is 1550 g/mol. The van der Waals surface area contributed by atoms with Gasteiger partial charge in [0, 0.05) is 103 Å². The fraction of sp³-hybridized carbons (Fsp3) is 0.939. The van der Waals surface area contributed by atoms with Crippen LogP contribution in [0.4, 0.5) is 0 Å². The SMILES string of the molecule is CCC(CC)COC(=O)CCCCC(O)CN(CCCCSSCCCCN1CCN(CCOC(=O)CCCN(CC(CCCCC(=O)OCC(CC)CC)O[Si](C)(C)C(C)(C)C)CC(CCCCC(=O)OCC(CC)CC)O[Si](C)(C)C(C)(C)C)CC1)CC(O)CCCCC(=O)OCC(CC)CC. The highest BCUT2D eigenvalue weighted by molar-refractivity contribution is 8.76. The highest BCUT2D eigenvalue weighted by Crippen LogP contribution is 2.40. The highest BCUT2D eigenvalue weighted by atomic mass is 33.1. The minimum atomic E-state index is -2.22. The highest BCUT2D eigenvalue weighted by Gasteiger charge is 2.41. The van der Waals surface area contributed by atoms with Gasteiger partial charge in [-0.15, -0.1) is 0 Å². The summed E-state index contributed by atoms with van der Waals surface area (Å²) in [5, 5.41) is 22.2. The fourth-order valence-electron chi connectivity index (χ4n) is 12.4. The molecule has 1 heterocycles. The quantitative estimate of drug-likeness (QED) is 0.0191. The number of carbonyl (C=O) groups is 5. The molecule has 0 aromatic heterocycles. The summed E-state index contributed by atoms with van der Waals surface area (Å²) in [5.74, 6) is 3.02. The van der Waals surface area contributed by atoms with Crippen LogP contribution in [-0.4, -0.2) is 224 Å². The molecular weight excluding hydrogens is 1390 g/mol. The topological polar surface area (TPSA) is 203 Å². The molecule has 18 nitrogen and oxygen atoms in total. The molecule has 0 aliphatic carbocycles. The molecular formula is C82H162N4O14S2Si2. The lowest BCUT2D eigenvalue weighted by Crippen LogP contribution is -2.50. The number of ether oxygens (including phenoxy) is 5. The zero-order valence-corrected chi connectivity index (χ0v) is 73.8. The lowest BCUT2D eigenvalue weighted by molar-refractivity contribution is -0.146. The molecule has 0 radical (unpaired) electrons. The van der Waals surface area contributed by atoms with Crippen molar-refractivity contribution in [3.05, 3.63) is 0 Å². The Morgan fingerprint density at radius 1 is 0.385 bits per heavy atom. The number of carbonyl (C=O) groups excluding carboxylic acids is 5. The molecule has 614 valence electrons. The molecule has 1 fully saturated rings. The molecule has 1 aliphatic heterocycles. The summed E-state index contributed by atoms with van der Waals surface area (Å²) in [6, 6.07) is 0. The van der Waals surface area contributed by atoms with E-state index in [2.05, 4.69) is 143 Å². The number of nitrogens with zero attached hydrogens (tertiary/aromatic N) is 4. The van der Waals surface area contributed by atoms with E-state index in [1.807, 2.05) is 21.6 Å². The minimum absolute atomic E-state index is 0.0000490. The predicted octanol–water partition coefficient (Wildman–Crippen LogP) is 18.1. The van der Waals surface area contributed by atoms with Gasteiger partial charge in [0.25, 0.3) is 0 Å². The molecule has 22 heteroatoms. The molecule has 0 aromatic carbocycles. The van der Waals surface area contributed by atoms with Crippen molar-refractivity contribution in [3.63, 3.8) is 0 Å². The molecule has 1 saturated heterocycles. The van der Waals surface area contributed by atoms with E-state index in [4.69, 9.17) is 32.5 Å². The molecule has 0 aromatic rings. The van der Waals surface area contributed by atoms with Crippen molar-refractivity contribution in [1.82, 2.24) is 19.6 Å². The largest absolute Gasteiger partial charge is 0.465 e. The molecule has 1 rings (SSSR count). The van der Waals surface area contributed by atoms with E-state index in [0.717, 1.165) is 179 Å². The van der Waals surface area contributed by atoms with Gasteiger partial charge in [-0.05, 0) is 163 Å². The van der Waals surface area contributed by atoms with Crippen molar-refractivity contribution in [2.45, 2.75) is 350 Å². The van der Waals surface area contributed by atoms with Gasteiger partial charge in [-0.1, -0.05) is 196 Å². The Morgan fingerprint density at radius 3 is 1.03 bits per heavy atom. The zero-order chi connectivity index (χ0) is 77.8. The number of aliphatic hydroxyl groups excluding tert-OH is 2. The van der Waals surface area contributed by atoms with Crippen LogP contribution >= 0.6 is 21.6 Å². The van der Waals surface area contributed by atoms with Crippen LogP contribution in [0.2, 0.25) is 36.3 Å². The standard InChI is InChI=1S/C82H162N4O14S2Si2/c1-19-68(20-2)64-95-77(90)44-31-27-40-72(87)60-85(61-73(88)41-28-32-45-78(91)96-65-69(21-3)22-4)50-36-38-59-102-101-58-37-35-49-83-52-54-84(55-53-83)56-57-94-76(89)48-39-51-86(62-74(99-103(15,16)81(9,10)11)42-29-33-46-79(92)97-66-70(23-5)24-6)63-75(100-104(17,18)82(12,13)14)43-30-34-47-80(93)98-67-71(25-7)26-8/h68-75,87-88H,19-67H2,1-18H3. The summed E-state index contributed by atoms with van der Waals surface area (Å²) in [4.78, 5) is 73.7. The maximum Gasteiger partial charge on any atom is 0.305 e. The third kappa shape index (κ3) is 49.4. The van der Waals surface area contributed by atoms with E-state index in [1.54, 1.807) is 0 Å². The van der Waals surface area contributed by atoms with Crippen molar-refractivity contribution >= 4 is 68.1 Å². The van der Waals surface area contributed by atoms with Gasteiger partial charge in [0.05, 0.1) is 50.8 Å². The van der Waals surface area contributed by atoms with Gasteiger partial charge in [0.2, 0.25) is 0 Å². The van der Waals surface area contributed by atoms with Gasteiger partial charge in [0.15, 0.2) is 16.6 Å². The second-order valence-electron chi connectivity index (χ2n) is 33.3. The Bertz CT molecular complexity index is 2060. The number of unbranched alkanes of at least 4 members (excludes halogenated alkanes) is 6. The van der Waals surface area contributed by atoms with Gasteiger partial charge < -0.3 is 47.6 Å². The van der Waals surface area contributed by atoms with Crippen LogP contribution in [0.3, 0.4) is 0 Å². The average Bonchev–Trinajstić information content (AvgIpc) is 0.832. The Labute approximate surface area is 647 Å². The summed E-state index contributed by atoms with van der Waals surface area (Å²) in [6.07, 6.45) is 22.4. The van der Waals surface area contributed by atoms with Crippen LogP contribution in [0.15, 0.2) is 0 Å². The number of piperazine rings is 1. The van der Waals surface area contributed by atoms with Crippen molar-refractivity contribution in [2.75, 3.05) is 123 Å². The van der Waals surface area contributed by atoms with Crippen LogP contribution in [0.5, 0.6) is 0 Å². The van der Waals surface area contributed by atoms with Crippen LogP contribution in [0.1, 0.15) is 290 Å². The maximum atomic E-state index is 13.5. The second kappa shape index (κ2) is 59.0. The maximum absolute atomic E-state index is 13.5. The van der Waals surface area contributed by atoms with E-state index in [1.165, 1.54) is 6.42 Å². The van der Waals surface area contributed by atoms with E-state index < -0.39 is 28.8 Å². The van der Waals surface area contributed by atoms with Crippen LogP contribution in [0.25, 0.3) is 0 Å². The molecule has 0 saturated carbocycles. The van der Waals surface area contributed by atoms with E-state index in [9.17, 15) is 34.2 Å². The number of esters is 5. The molecule has 0 amide bonds. The molecule has 0 bridgehead atoms. The Hall–Kier alpha value is -1.84. The van der Waals surface area contributed by atoms with Gasteiger partial charge >= 0.3 is 29.8 Å². The predicted molar refractivity (Wildman–Crippen MR) is 439 cm³/mol. The van der Waals surface area contributed by atoms with Crippen LogP contribution < -0.4 is 0 Å². The summed E-state index contributed by atoms with van der Waals surface area (Å²) in [6.45, 7) is 51.9. The van der Waals surface area contributed by atoms with Crippen LogP contribution in [0, 0.1) is 23.7 Å². The third-order valence-electron chi connectivity index (χ3n) is 22.6. The lowest BCUT2D eigenvalue weighted by Gasteiger charge is -2.42. The summed E-state index contributed by atoms with van der Waals surface area (Å²) in [5.41, 5.74) is 0. The molecule has 4 unspecified atom stereocenters. The Balaban J connectivity index is 2.83. The summed E-state index contributed by atoms with van der Waals surface area (Å²) < 4.78 is 42.9. The van der Waals surface area contributed by atoms with E-state index in [0.29, 0.717) is 154 Å². The molecule has 104 heavy (non-hydrogen) atoms. The summed E-state index contributed by atoms with van der Waals surface area (Å²) >= 11 is 0. The zero-order valence-electron chi connectivity index (χ0n) is 70.2. The second-order valence-corrected chi connectivity index (χ2v) is 45.6. The molecule has 0 spiro atoms.